The molecule has 0 bridgehead atoms. The summed E-state index contributed by atoms with van der Waals surface area (Å²) >= 11 is 0. The zero-order chi connectivity index (χ0) is 17.6. The molecule has 0 radical (unpaired) electrons. The van der Waals surface area contributed by atoms with E-state index >= 15 is 0 Å². The molecule has 0 saturated carbocycles. The van der Waals surface area contributed by atoms with Gasteiger partial charge in [-0.05, 0) is 44.2 Å². The van der Waals surface area contributed by atoms with Gasteiger partial charge in [0.25, 0.3) is 0 Å². The van der Waals surface area contributed by atoms with E-state index in [0.29, 0.717) is 6.42 Å². The largest absolute Gasteiger partial charge is 0.389 e. The summed E-state index contributed by atoms with van der Waals surface area (Å²) < 4.78 is 0. The maximum atomic E-state index is 11.3. The molecule has 1 heteroatoms. The lowest BCUT2D eigenvalue weighted by Gasteiger charge is -2.35. The highest BCUT2D eigenvalue weighted by molar-refractivity contribution is 5.33. The van der Waals surface area contributed by atoms with Crippen molar-refractivity contribution in [1.82, 2.24) is 0 Å². The standard InChI is InChI=1S/C23H28O/c1-18(2)17-19(3)22(21-13-9-6-10-14-21)23(4,24)16-15-20-11-7-5-8-12-20/h5-14,22,24H,1,3,15-17H2,2,4H3. The molecule has 1 nitrogen and oxygen atoms in total. The molecule has 2 unspecified atom stereocenters. The van der Waals surface area contributed by atoms with Gasteiger partial charge in [0, 0.05) is 5.92 Å². The molecule has 0 fully saturated rings. The van der Waals surface area contributed by atoms with Gasteiger partial charge in [-0.2, -0.15) is 0 Å². The van der Waals surface area contributed by atoms with Crippen LogP contribution in [0, 0.1) is 0 Å². The van der Waals surface area contributed by atoms with Crippen molar-refractivity contribution in [1.29, 1.82) is 0 Å². The number of allylic oxidation sites excluding steroid dienone is 1. The van der Waals surface area contributed by atoms with Gasteiger partial charge in [0.15, 0.2) is 0 Å². The Bertz CT molecular complexity index is 668. The Morgan fingerprint density at radius 3 is 2.08 bits per heavy atom. The van der Waals surface area contributed by atoms with Crippen LogP contribution in [0.5, 0.6) is 0 Å². The van der Waals surface area contributed by atoms with Crippen molar-refractivity contribution >= 4 is 0 Å². The maximum absolute atomic E-state index is 11.3. The van der Waals surface area contributed by atoms with Crippen LogP contribution in [0.1, 0.15) is 43.7 Å². The van der Waals surface area contributed by atoms with Crippen LogP contribution in [0.4, 0.5) is 0 Å². The summed E-state index contributed by atoms with van der Waals surface area (Å²) in [4.78, 5) is 0. The Morgan fingerprint density at radius 1 is 1.00 bits per heavy atom. The number of benzene rings is 2. The summed E-state index contributed by atoms with van der Waals surface area (Å²) in [7, 11) is 0. The minimum absolute atomic E-state index is 0.0980. The predicted molar refractivity (Wildman–Crippen MR) is 103 cm³/mol. The third-order valence-electron chi connectivity index (χ3n) is 4.45. The molecule has 0 amide bonds. The van der Waals surface area contributed by atoms with Crippen LogP contribution in [-0.2, 0) is 6.42 Å². The highest BCUT2D eigenvalue weighted by Crippen LogP contribution is 2.39. The monoisotopic (exact) mass is 320 g/mol. The first kappa shape index (κ1) is 18.2. The molecule has 2 aromatic rings. The van der Waals surface area contributed by atoms with E-state index < -0.39 is 5.60 Å². The predicted octanol–water partition coefficient (Wildman–Crippen LogP) is 5.68. The normalized spacial score (nSPS) is 14.6. The van der Waals surface area contributed by atoms with Gasteiger partial charge < -0.3 is 5.11 Å². The number of hydrogen-bond acceptors (Lipinski definition) is 1. The third kappa shape index (κ3) is 4.94. The van der Waals surface area contributed by atoms with Crippen LogP contribution in [0.3, 0.4) is 0 Å². The van der Waals surface area contributed by atoms with Gasteiger partial charge in [-0.15, -0.1) is 0 Å². The van der Waals surface area contributed by atoms with Crippen molar-refractivity contribution in [3.63, 3.8) is 0 Å². The SMILES string of the molecule is C=C(C)CC(=C)C(c1ccccc1)C(C)(O)CCc1ccccc1. The fraction of sp³-hybridized carbons (Fsp3) is 0.304. The lowest BCUT2D eigenvalue weighted by molar-refractivity contribution is 0.0326. The van der Waals surface area contributed by atoms with Crippen molar-refractivity contribution in [2.75, 3.05) is 0 Å². The molecule has 0 aliphatic heterocycles. The van der Waals surface area contributed by atoms with Crippen LogP contribution >= 0.6 is 0 Å². The summed E-state index contributed by atoms with van der Waals surface area (Å²) in [5.41, 5.74) is 3.59. The van der Waals surface area contributed by atoms with Crippen molar-refractivity contribution in [2.45, 2.75) is 44.6 Å². The Kier molecular flexibility index (Phi) is 6.16. The van der Waals surface area contributed by atoms with E-state index in [2.05, 4.69) is 37.4 Å². The lowest BCUT2D eigenvalue weighted by atomic mass is 9.74. The molecule has 126 valence electrons. The van der Waals surface area contributed by atoms with Gasteiger partial charge in [0.2, 0.25) is 0 Å². The van der Waals surface area contributed by atoms with E-state index in [9.17, 15) is 5.11 Å². The molecule has 0 spiro atoms. The molecular formula is C23H28O. The first-order valence-corrected chi connectivity index (χ1v) is 8.53. The summed E-state index contributed by atoms with van der Waals surface area (Å²) in [5, 5.41) is 11.3. The van der Waals surface area contributed by atoms with Crippen molar-refractivity contribution < 1.29 is 5.11 Å². The van der Waals surface area contributed by atoms with E-state index in [0.717, 1.165) is 29.6 Å². The zero-order valence-electron chi connectivity index (χ0n) is 14.8. The Balaban J connectivity index is 2.23. The molecular weight excluding hydrogens is 292 g/mol. The van der Waals surface area contributed by atoms with Crippen molar-refractivity contribution in [3.05, 3.63) is 96.1 Å². The second-order valence-corrected chi connectivity index (χ2v) is 6.98. The van der Waals surface area contributed by atoms with Gasteiger partial charge in [-0.1, -0.05) is 85.0 Å². The molecule has 0 aliphatic rings. The number of rotatable bonds is 8. The molecule has 0 saturated heterocycles. The van der Waals surface area contributed by atoms with Gasteiger partial charge >= 0.3 is 0 Å². The van der Waals surface area contributed by atoms with Crippen LogP contribution in [0.25, 0.3) is 0 Å². The molecule has 2 rings (SSSR count). The molecule has 0 aromatic heterocycles. The van der Waals surface area contributed by atoms with Crippen LogP contribution in [0.15, 0.2) is 85.0 Å². The molecule has 2 atom stereocenters. The summed E-state index contributed by atoms with van der Waals surface area (Å²) in [5.74, 6) is -0.0980. The van der Waals surface area contributed by atoms with Crippen molar-refractivity contribution in [3.8, 4) is 0 Å². The quantitative estimate of drug-likeness (QED) is 0.621. The molecule has 1 N–H and O–H groups in total. The Morgan fingerprint density at radius 2 is 1.54 bits per heavy atom. The molecule has 0 aliphatic carbocycles. The number of aliphatic hydroxyl groups is 1. The maximum Gasteiger partial charge on any atom is 0.0728 e. The van der Waals surface area contributed by atoms with E-state index in [4.69, 9.17) is 0 Å². The van der Waals surface area contributed by atoms with E-state index in [-0.39, 0.29) is 5.92 Å². The minimum atomic E-state index is -0.857. The fourth-order valence-electron chi connectivity index (χ4n) is 3.36. The van der Waals surface area contributed by atoms with E-state index in [1.54, 1.807) is 0 Å². The zero-order valence-corrected chi connectivity index (χ0v) is 14.8. The van der Waals surface area contributed by atoms with Crippen LogP contribution in [0.2, 0.25) is 0 Å². The van der Waals surface area contributed by atoms with Gasteiger partial charge in [0.05, 0.1) is 5.60 Å². The number of hydrogen-bond donors (Lipinski definition) is 1. The van der Waals surface area contributed by atoms with E-state index in [1.807, 2.05) is 50.2 Å². The topological polar surface area (TPSA) is 20.2 Å². The summed E-state index contributed by atoms with van der Waals surface area (Å²) in [6.45, 7) is 12.2. The number of aryl methyl sites for hydroxylation is 1. The van der Waals surface area contributed by atoms with Gasteiger partial charge in [-0.25, -0.2) is 0 Å². The average molecular weight is 320 g/mol. The highest BCUT2D eigenvalue weighted by atomic mass is 16.3. The van der Waals surface area contributed by atoms with Gasteiger partial charge in [-0.3, -0.25) is 0 Å². The Hall–Kier alpha value is -2.12. The summed E-state index contributed by atoms with van der Waals surface area (Å²) in [6, 6.07) is 20.5. The molecule has 2 aromatic carbocycles. The molecule has 24 heavy (non-hydrogen) atoms. The Labute approximate surface area is 146 Å². The van der Waals surface area contributed by atoms with E-state index in [1.165, 1.54) is 5.56 Å². The second kappa shape index (κ2) is 8.12. The first-order chi connectivity index (χ1) is 11.4. The summed E-state index contributed by atoms with van der Waals surface area (Å²) in [6.07, 6.45) is 2.27. The fourth-order valence-corrected chi connectivity index (χ4v) is 3.36. The lowest BCUT2D eigenvalue weighted by Crippen LogP contribution is -2.34. The minimum Gasteiger partial charge on any atom is -0.389 e. The first-order valence-electron chi connectivity index (χ1n) is 8.53. The molecule has 0 heterocycles. The van der Waals surface area contributed by atoms with Crippen LogP contribution in [-0.4, -0.2) is 10.7 Å². The third-order valence-corrected chi connectivity index (χ3v) is 4.45. The second-order valence-electron chi connectivity index (χ2n) is 6.98. The average Bonchev–Trinajstić information content (AvgIpc) is 2.54. The van der Waals surface area contributed by atoms with Crippen LogP contribution < -0.4 is 0 Å². The van der Waals surface area contributed by atoms with Crippen molar-refractivity contribution in [2.24, 2.45) is 0 Å². The van der Waals surface area contributed by atoms with Gasteiger partial charge in [0.1, 0.15) is 0 Å². The smallest absolute Gasteiger partial charge is 0.0728 e. The highest BCUT2D eigenvalue weighted by Gasteiger charge is 2.34.